The summed E-state index contributed by atoms with van der Waals surface area (Å²) in [7, 11) is 0. The molecule has 0 saturated heterocycles. The van der Waals surface area contributed by atoms with Gasteiger partial charge in [-0.05, 0) is 47.5 Å². The van der Waals surface area contributed by atoms with E-state index in [0.717, 1.165) is 0 Å². The first-order chi connectivity index (χ1) is 18.8. The molecular weight excluding hydrogens is 617 g/mol. The predicted octanol–water partition coefficient (Wildman–Crippen LogP) is 7.42. The van der Waals surface area contributed by atoms with E-state index in [2.05, 4.69) is 14.8 Å². The van der Waals surface area contributed by atoms with E-state index in [1.54, 1.807) is 48.5 Å². The largest absolute Gasteiger partial charge is 0.456 e. The number of carbonyl (C=O) groups is 2. The zero-order valence-corrected chi connectivity index (χ0v) is 22.9. The fourth-order valence-electron chi connectivity index (χ4n) is 3.34. The van der Waals surface area contributed by atoms with Crippen molar-refractivity contribution in [3.8, 4) is 23.0 Å². The summed E-state index contributed by atoms with van der Waals surface area (Å²) < 4.78 is 11.5. The normalized spacial score (nSPS) is 10.3. The summed E-state index contributed by atoms with van der Waals surface area (Å²) >= 11 is 25.1. The van der Waals surface area contributed by atoms with E-state index in [1.807, 2.05) is 12.1 Å². The summed E-state index contributed by atoms with van der Waals surface area (Å²) in [5.74, 6) is -0.249. The Hall–Kier alpha value is -2.93. The lowest BCUT2D eigenvalue weighted by atomic mass is 10.1. The van der Waals surface area contributed by atoms with Crippen LogP contribution in [0.1, 0.15) is 11.1 Å². The second-order valence-corrected chi connectivity index (χ2v) is 9.55. The molecule has 0 heterocycles. The van der Waals surface area contributed by atoms with E-state index in [9.17, 15) is 9.59 Å². The Morgan fingerprint density at radius 1 is 0.575 bits per heavy atom. The number of rotatable bonds is 10. The molecule has 0 amide bonds. The van der Waals surface area contributed by atoms with Gasteiger partial charge in [0.05, 0.1) is 22.9 Å². The van der Waals surface area contributed by atoms with Crippen LogP contribution in [0.2, 0.25) is 20.1 Å². The van der Waals surface area contributed by atoms with Crippen LogP contribution < -0.4 is 9.47 Å². The summed E-state index contributed by atoms with van der Waals surface area (Å²) in [6.45, 7) is 0. The highest BCUT2D eigenvalue weighted by molar-refractivity contribution is 6.35. The van der Waals surface area contributed by atoms with Crippen molar-refractivity contribution in [2.24, 2.45) is 0 Å². The Morgan fingerprint density at radius 3 is 1.32 bits per heavy atom. The monoisotopic (exact) mass is 636 g/mol. The van der Waals surface area contributed by atoms with Crippen molar-refractivity contribution in [2.75, 3.05) is 0 Å². The van der Waals surface area contributed by atoms with E-state index in [-0.39, 0.29) is 61.8 Å². The Bertz CT molecular complexity index is 1360. The molecule has 4 aromatic rings. The molecule has 0 saturated carbocycles. The molecule has 0 radical (unpaired) electrons. The van der Waals surface area contributed by atoms with E-state index in [1.165, 1.54) is 24.3 Å². The van der Waals surface area contributed by atoms with Crippen LogP contribution in [0.25, 0.3) is 0 Å². The Labute approximate surface area is 260 Å². The number of carbonyl (C=O) groups excluding carboxylic acids is 2. The van der Waals surface area contributed by atoms with Crippen LogP contribution >= 0.6 is 46.4 Å². The molecule has 0 aliphatic carbocycles. The van der Waals surface area contributed by atoms with Crippen LogP contribution in [0, 0.1) is 0 Å². The van der Waals surface area contributed by atoms with Crippen molar-refractivity contribution in [1.29, 1.82) is 0 Å². The molecule has 0 aromatic heterocycles. The van der Waals surface area contributed by atoms with Crippen molar-refractivity contribution in [2.45, 2.75) is 12.8 Å². The molecule has 4 aromatic carbocycles. The molecule has 0 spiro atoms. The summed E-state index contributed by atoms with van der Waals surface area (Å²) in [4.78, 5) is 33.6. The smallest absolute Gasteiger partial charge is 0.351 e. The highest BCUT2D eigenvalue weighted by Crippen LogP contribution is 2.37. The molecule has 0 aliphatic rings. The second-order valence-electron chi connectivity index (χ2n) is 7.92. The van der Waals surface area contributed by atoms with Gasteiger partial charge in [0.25, 0.3) is 0 Å². The first-order valence-electron chi connectivity index (χ1n) is 11.3. The van der Waals surface area contributed by atoms with Gasteiger partial charge in [0.1, 0.15) is 23.0 Å². The average Bonchev–Trinajstić information content (AvgIpc) is 2.90. The molecule has 0 fully saturated rings. The van der Waals surface area contributed by atoms with Gasteiger partial charge in [-0.3, -0.25) is 9.78 Å². The van der Waals surface area contributed by atoms with E-state index >= 15 is 0 Å². The third-order valence-electron chi connectivity index (χ3n) is 5.02. The highest BCUT2D eigenvalue weighted by atomic mass is 35.5. The van der Waals surface area contributed by atoms with Crippen LogP contribution in [0.4, 0.5) is 0 Å². The van der Waals surface area contributed by atoms with Gasteiger partial charge in [-0.1, -0.05) is 82.8 Å². The molecule has 40 heavy (non-hydrogen) atoms. The number of hydrogen-bond donors (Lipinski definition) is 0. The minimum atomic E-state index is -0.906. The van der Waals surface area contributed by atoms with Crippen LogP contribution in [-0.4, -0.2) is 29.3 Å². The molecule has 0 bridgehead atoms. The van der Waals surface area contributed by atoms with Gasteiger partial charge >= 0.3 is 11.9 Å². The molecule has 4 rings (SSSR count). The van der Waals surface area contributed by atoms with Crippen LogP contribution in [0.15, 0.2) is 84.9 Å². The fourth-order valence-corrected chi connectivity index (χ4v) is 4.23. The zero-order valence-electron chi connectivity index (χ0n) is 19.9. The molecule has 12 heteroatoms. The second kappa shape index (κ2) is 15.2. The minimum absolute atomic E-state index is 0. The van der Waals surface area contributed by atoms with Crippen LogP contribution in [-0.2, 0) is 37.2 Å². The Balaban J connectivity index is 0.00000441. The van der Waals surface area contributed by atoms with Crippen molar-refractivity contribution >= 4 is 75.7 Å². The maximum Gasteiger partial charge on any atom is 0.351 e. The molecule has 7 nitrogen and oxygen atoms in total. The van der Waals surface area contributed by atoms with Gasteiger partial charge in [-0.25, -0.2) is 9.59 Å². The average molecular weight is 638 g/mol. The topological polar surface area (TPSA) is 80.3 Å². The first kappa shape index (κ1) is 31.6. The van der Waals surface area contributed by atoms with E-state index in [0.29, 0.717) is 22.6 Å². The lowest BCUT2D eigenvalue weighted by Gasteiger charge is -2.12. The lowest BCUT2D eigenvalue weighted by molar-refractivity contribution is -0.459. The molecule has 0 atom stereocenters. The maximum absolute atomic E-state index is 12.3. The zero-order chi connectivity index (χ0) is 27.8. The number of hydrogen-bond acceptors (Lipinski definition) is 7. The quantitative estimate of drug-likeness (QED) is 0.102. The Morgan fingerprint density at radius 2 is 0.950 bits per heavy atom. The van der Waals surface area contributed by atoms with Gasteiger partial charge in [0.2, 0.25) is 0 Å². The molecule has 206 valence electrons. The van der Waals surface area contributed by atoms with Gasteiger partial charge in [-0.2, -0.15) is 0 Å². The van der Waals surface area contributed by atoms with Crippen molar-refractivity contribution in [1.82, 2.24) is 0 Å². The van der Waals surface area contributed by atoms with Crippen molar-refractivity contribution in [3.63, 3.8) is 0 Å². The molecular formula is C28H21AlCl4O7. The number of para-hydroxylation sites is 2. The van der Waals surface area contributed by atoms with Crippen LogP contribution in [0.3, 0.4) is 0 Å². The van der Waals surface area contributed by atoms with Crippen LogP contribution in [0.5, 0.6) is 23.0 Å². The summed E-state index contributed by atoms with van der Waals surface area (Å²) in [5, 5.41) is 5.26. The summed E-state index contributed by atoms with van der Waals surface area (Å²) in [6, 6.07) is 23.8. The molecule has 0 N–H and O–H groups in total. The SMILES string of the molecule is O=C(Cc1cc(Cl)cc(Oc2ccccc2)c1Cl)OOOC(=O)Cc1cc(Cl)cc(Oc2ccccc2)c1Cl.[AlH3]. The first-order valence-corrected chi connectivity index (χ1v) is 12.8. The number of halogens is 4. The lowest BCUT2D eigenvalue weighted by Crippen LogP contribution is -2.14. The van der Waals surface area contributed by atoms with Gasteiger partial charge in [0, 0.05) is 27.2 Å². The minimum Gasteiger partial charge on any atom is -0.456 e. The summed E-state index contributed by atoms with van der Waals surface area (Å²) in [5.41, 5.74) is 0.623. The predicted molar refractivity (Wildman–Crippen MR) is 157 cm³/mol. The van der Waals surface area contributed by atoms with Gasteiger partial charge in [0.15, 0.2) is 17.4 Å². The van der Waals surface area contributed by atoms with Gasteiger partial charge in [-0.15, -0.1) is 0 Å². The van der Waals surface area contributed by atoms with E-state index in [4.69, 9.17) is 55.9 Å². The fraction of sp³-hybridized carbons (Fsp3) is 0.0714. The number of ether oxygens (including phenoxy) is 2. The standard InChI is InChI=1S/C28H18Cl4O7.Al.3H/c29-19-11-17(27(31)23(15-19)35-21-7-3-1-4-8-21)13-25(33)37-39-38-26(34)14-18-12-20(30)16-24(28(18)32)36-22-9-5-2-6-10-22;;;;/h1-12,15-16H,13-14H2;;;;. The van der Waals surface area contributed by atoms with Gasteiger partial charge < -0.3 is 9.47 Å². The third kappa shape index (κ3) is 9.05. The maximum atomic E-state index is 12.3. The number of benzene rings is 4. The molecule has 0 unspecified atom stereocenters. The molecule has 0 aliphatic heterocycles. The van der Waals surface area contributed by atoms with E-state index < -0.39 is 11.9 Å². The highest BCUT2D eigenvalue weighted by Gasteiger charge is 2.18. The van der Waals surface area contributed by atoms with Crippen molar-refractivity contribution < 1.29 is 33.9 Å². The van der Waals surface area contributed by atoms with Crippen molar-refractivity contribution in [3.05, 3.63) is 116 Å². The summed E-state index contributed by atoms with van der Waals surface area (Å²) in [6.07, 6.45) is -0.690. The third-order valence-corrected chi connectivity index (χ3v) is 6.32. The Kier molecular flexibility index (Phi) is 12.0.